The summed E-state index contributed by atoms with van der Waals surface area (Å²) >= 11 is 0. The number of ether oxygens (including phenoxy) is 2. The quantitative estimate of drug-likeness (QED) is 0.295. The summed E-state index contributed by atoms with van der Waals surface area (Å²) in [6, 6.07) is 14.4. The van der Waals surface area contributed by atoms with Crippen molar-refractivity contribution in [2.75, 3.05) is 39.1 Å². The molecule has 0 radical (unpaired) electrons. The largest absolute Gasteiger partial charge is 0.493 e. The highest BCUT2D eigenvalue weighted by atomic mass is 32.2. The summed E-state index contributed by atoms with van der Waals surface area (Å²) in [5.41, 5.74) is 1.16. The molecule has 0 fully saturated rings. The number of sulfone groups is 1. The zero-order valence-electron chi connectivity index (χ0n) is 18.6. The van der Waals surface area contributed by atoms with Gasteiger partial charge in [-0.15, -0.1) is 0 Å². The van der Waals surface area contributed by atoms with Gasteiger partial charge < -0.3 is 20.1 Å². The van der Waals surface area contributed by atoms with Crippen LogP contribution in [0, 0.1) is 0 Å². The molecule has 170 valence electrons. The summed E-state index contributed by atoms with van der Waals surface area (Å²) in [6.45, 7) is 6.12. The molecule has 0 atom stereocenters. The van der Waals surface area contributed by atoms with Gasteiger partial charge in [-0.05, 0) is 56.5 Å². The molecule has 8 heteroatoms. The third-order valence-corrected chi connectivity index (χ3v) is 6.26. The predicted octanol–water partition coefficient (Wildman–Crippen LogP) is 3.06. The van der Waals surface area contributed by atoms with Crippen LogP contribution in [-0.4, -0.2) is 53.5 Å². The van der Waals surface area contributed by atoms with Crippen LogP contribution in [0.2, 0.25) is 0 Å². The maximum atomic E-state index is 12.4. The van der Waals surface area contributed by atoms with Crippen molar-refractivity contribution in [3.05, 3.63) is 54.1 Å². The molecule has 0 bridgehead atoms. The van der Waals surface area contributed by atoms with Gasteiger partial charge in [0.05, 0.1) is 24.4 Å². The van der Waals surface area contributed by atoms with Crippen LogP contribution in [-0.2, 0) is 16.3 Å². The standard InChI is InChI=1S/C23H33N3O4S/c1-4-24-23(26-16-17-31(27,28)20-11-7-6-8-12-20)25-15-9-10-19-13-14-21(29-3)22(18-19)30-5-2/h6-8,11-14,18H,4-5,9-10,15-17H2,1-3H3,(H2,24,25,26). The molecule has 0 heterocycles. The number of nitrogens with zero attached hydrogens (tertiary/aromatic N) is 1. The maximum absolute atomic E-state index is 12.4. The smallest absolute Gasteiger partial charge is 0.191 e. The van der Waals surface area contributed by atoms with Crippen LogP contribution in [0.3, 0.4) is 0 Å². The molecule has 31 heavy (non-hydrogen) atoms. The highest BCUT2D eigenvalue weighted by Gasteiger charge is 2.13. The van der Waals surface area contributed by atoms with Crippen molar-refractivity contribution in [2.24, 2.45) is 4.99 Å². The van der Waals surface area contributed by atoms with Crippen molar-refractivity contribution in [1.29, 1.82) is 0 Å². The molecule has 2 N–H and O–H groups in total. The zero-order valence-corrected chi connectivity index (χ0v) is 19.4. The first-order valence-corrected chi connectivity index (χ1v) is 12.2. The number of aliphatic imine (C=N–C) groups is 1. The molecule has 2 rings (SSSR count). The highest BCUT2D eigenvalue weighted by Crippen LogP contribution is 2.28. The second-order valence-corrected chi connectivity index (χ2v) is 8.95. The van der Waals surface area contributed by atoms with E-state index in [4.69, 9.17) is 9.47 Å². The summed E-state index contributed by atoms with van der Waals surface area (Å²) in [6.07, 6.45) is 1.71. The summed E-state index contributed by atoms with van der Waals surface area (Å²) in [4.78, 5) is 4.89. The predicted molar refractivity (Wildman–Crippen MR) is 125 cm³/mol. The van der Waals surface area contributed by atoms with E-state index in [2.05, 4.69) is 15.6 Å². The van der Waals surface area contributed by atoms with E-state index in [1.807, 2.05) is 32.0 Å². The Labute approximate surface area is 185 Å². The topological polar surface area (TPSA) is 89.0 Å². The van der Waals surface area contributed by atoms with Gasteiger partial charge in [0.2, 0.25) is 0 Å². The molecular weight excluding hydrogens is 414 g/mol. The van der Waals surface area contributed by atoms with E-state index in [-0.39, 0.29) is 5.75 Å². The van der Waals surface area contributed by atoms with Gasteiger partial charge in [0.15, 0.2) is 27.3 Å². The number of benzene rings is 2. The van der Waals surface area contributed by atoms with Gasteiger partial charge in [-0.1, -0.05) is 24.3 Å². The summed E-state index contributed by atoms with van der Waals surface area (Å²) < 4.78 is 35.7. The molecule has 0 aromatic heterocycles. The molecule has 0 unspecified atom stereocenters. The molecule has 0 saturated carbocycles. The number of hydrogen-bond acceptors (Lipinski definition) is 5. The number of hydrogen-bond donors (Lipinski definition) is 2. The van der Waals surface area contributed by atoms with Gasteiger partial charge in [0.25, 0.3) is 0 Å². The van der Waals surface area contributed by atoms with Crippen LogP contribution in [0.5, 0.6) is 11.5 Å². The lowest BCUT2D eigenvalue weighted by Crippen LogP contribution is -2.39. The molecule has 7 nitrogen and oxygen atoms in total. The highest BCUT2D eigenvalue weighted by molar-refractivity contribution is 7.91. The number of methoxy groups -OCH3 is 1. The van der Waals surface area contributed by atoms with Gasteiger partial charge in [-0.25, -0.2) is 8.42 Å². The summed E-state index contributed by atoms with van der Waals surface area (Å²) in [7, 11) is -1.68. The van der Waals surface area contributed by atoms with Crippen LogP contribution < -0.4 is 20.1 Å². The second-order valence-electron chi connectivity index (χ2n) is 6.84. The Morgan fingerprint density at radius 1 is 1.03 bits per heavy atom. The van der Waals surface area contributed by atoms with Crippen molar-refractivity contribution in [2.45, 2.75) is 31.6 Å². The summed E-state index contributed by atoms with van der Waals surface area (Å²) in [5, 5.41) is 6.27. The van der Waals surface area contributed by atoms with Crippen LogP contribution >= 0.6 is 0 Å². The van der Waals surface area contributed by atoms with Gasteiger partial charge in [-0.3, -0.25) is 4.99 Å². The molecule has 0 saturated heterocycles. The lowest BCUT2D eigenvalue weighted by molar-refractivity contribution is 0.310. The average Bonchev–Trinajstić information content (AvgIpc) is 2.77. The summed E-state index contributed by atoms with van der Waals surface area (Å²) in [5.74, 6) is 2.11. The first-order valence-electron chi connectivity index (χ1n) is 10.6. The Hall–Kier alpha value is -2.74. The third-order valence-electron chi connectivity index (χ3n) is 4.53. The minimum Gasteiger partial charge on any atom is -0.493 e. The maximum Gasteiger partial charge on any atom is 0.191 e. The van der Waals surface area contributed by atoms with Crippen LogP contribution in [0.25, 0.3) is 0 Å². The molecule has 0 aliphatic carbocycles. The third kappa shape index (κ3) is 8.13. The number of guanidine groups is 1. The van der Waals surface area contributed by atoms with E-state index in [9.17, 15) is 8.42 Å². The number of aryl methyl sites for hydroxylation is 1. The van der Waals surface area contributed by atoms with Crippen molar-refractivity contribution >= 4 is 15.8 Å². The fourth-order valence-electron chi connectivity index (χ4n) is 3.01. The van der Waals surface area contributed by atoms with E-state index < -0.39 is 9.84 Å². The van der Waals surface area contributed by atoms with Crippen molar-refractivity contribution in [1.82, 2.24) is 10.6 Å². The van der Waals surface area contributed by atoms with Crippen LogP contribution in [0.4, 0.5) is 0 Å². The second kappa shape index (κ2) is 12.8. The van der Waals surface area contributed by atoms with E-state index >= 15 is 0 Å². The molecule has 0 aliphatic rings. The minimum absolute atomic E-state index is 0.00742. The van der Waals surface area contributed by atoms with Crippen LogP contribution in [0.15, 0.2) is 58.4 Å². The van der Waals surface area contributed by atoms with Gasteiger partial charge in [-0.2, -0.15) is 0 Å². The van der Waals surface area contributed by atoms with Gasteiger partial charge >= 0.3 is 0 Å². The van der Waals surface area contributed by atoms with Crippen LogP contribution in [0.1, 0.15) is 25.8 Å². The van der Waals surface area contributed by atoms with Crippen molar-refractivity contribution in [3.8, 4) is 11.5 Å². The van der Waals surface area contributed by atoms with E-state index in [0.29, 0.717) is 37.1 Å². The number of rotatable bonds is 12. The molecule has 0 spiro atoms. The first-order chi connectivity index (χ1) is 15.0. The SMILES string of the molecule is CCNC(=NCCCc1ccc(OC)c(OCC)c1)NCCS(=O)(=O)c1ccccc1. The molecule has 2 aromatic rings. The minimum atomic E-state index is -3.31. The van der Waals surface area contributed by atoms with Gasteiger partial charge in [0.1, 0.15) is 0 Å². The molecule has 0 aliphatic heterocycles. The molecule has 0 amide bonds. The average molecular weight is 448 g/mol. The fourth-order valence-corrected chi connectivity index (χ4v) is 4.19. The number of nitrogens with one attached hydrogen (secondary N) is 2. The van der Waals surface area contributed by atoms with E-state index in [1.54, 1.807) is 37.4 Å². The molecule has 2 aromatic carbocycles. The zero-order chi connectivity index (χ0) is 22.5. The Morgan fingerprint density at radius 3 is 2.48 bits per heavy atom. The van der Waals surface area contributed by atoms with Crippen molar-refractivity contribution in [3.63, 3.8) is 0 Å². The molecular formula is C23H33N3O4S. The fraction of sp³-hybridized carbons (Fsp3) is 0.435. The lowest BCUT2D eigenvalue weighted by atomic mass is 10.1. The Balaban J connectivity index is 1.85. The van der Waals surface area contributed by atoms with E-state index in [0.717, 1.165) is 29.9 Å². The lowest BCUT2D eigenvalue weighted by Gasteiger charge is -2.12. The Morgan fingerprint density at radius 2 is 1.81 bits per heavy atom. The monoisotopic (exact) mass is 447 g/mol. The Bertz CT molecular complexity index is 931. The normalized spacial score (nSPS) is 11.8. The van der Waals surface area contributed by atoms with E-state index in [1.165, 1.54) is 0 Å². The first kappa shape index (κ1) is 24.5. The van der Waals surface area contributed by atoms with Crippen molar-refractivity contribution < 1.29 is 17.9 Å². The Kier molecular flexibility index (Phi) is 10.2. The van der Waals surface area contributed by atoms with Gasteiger partial charge in [0, 0.05) is 19.6 Å².